The summed E-state index contributed by atoms with van der Waals surface area (Å²) in [4.78, 5) is 12.5. The molecular formula is C21H25FN2O4S. The molecule has 0 radical (unpaired) electrons. The molecule has 0 aromatic heterocycles. The first-order valence-electron chi connectivity index (χ1n) is 9.73. The van der Waals surface area contributed by atoms with Crippen molar-refractivity contribution in [1.29, 1.82) is 0 Å². The van der Waals surface area contributed by atoms with E-state index < -0.39 is 10.0 Å². The van der Waals surface area contributed by atoms with Crippen molar-refractivity contribution in [3.63, 3.8) is 0 Å². The average Bonchev–Trinajstić information content (AvgIpc) is 3.02. The Labute approximate surface area is 170 Å². The van der Waals surface area contributed by atoms with Gasteiger partial charge >= 0.3 is 0 Å². The van der Waals surface area contributed by atoms with Crippen LogP contribution in [0.3, 0.4) is 0 Å². The molecule has 0 saturated carbocycles. The summed E-state index contributed by atoms with van der Waals surface area (Å²) in [6.45, 7) is 1.47. The highest BCUT2D eigenvalue weighted by molar-refractivity contribution is 7.89. The molecule has 29 heavy (non-hydrogen) atoms. The molecule has 0 aliphatic carbocycles. The van der Waals surface area contributed by atoms with Crippen LogP contribution in [0.1, 0.15) is 36.0 Å². The minimum absolute atomic E-state index is 0.134. The first-order chi connectivity index (χ1) is 14.0. The lowest BCUT2D eigenvalue weighted by Gasteiger charge is -2.20. The first-order valence-corrected chi connectivity index (χ1v) is 11.2. The summed E-state index contributed by atoms with van der Waals surface area (Å²) in [5.74, 6) is -0.215. The molecule has 1 saturated heterocycles. The van der Waals surface area contributed by atoms with E-state index in [1.807, 2.05) is 0 Å². The molecular weight excluding hydrogens is 395 g/mol. The van der Waals surface area contributed by atoms with Gasteiger partial charge in [0, 0.05) is 18.7 Å². The minimum atomic E-state index is -3.61. The second-order valence-electron chi connectivity index (χ2n) is 6.90. The summed E-state index contributed by atoms with van der Waals surface area (Å²) in [7, 11) is -3.61. The molecule has 8 heteroatoms. The molecule has 0 spiro atoms. The lowest BCUT2D eigenvalue weighted by atomic mass is 10.2. The predicted molar refractivity (Wildman–Crippen MR) is 108 cm³/mol. The number of rotatable bonds is 7. The van der Waals surface area contributed by atoms with Gasteiger partial charge in [0.2, 0.25) is 10.0 Å². The third-order valence-electron chi connectivity index (χ3n) is 4.77. The first kappa shape index (κ1) is 21.3. The number of sulfonamides is 1. The standard InChI is InChI=1S/C21H25FN2O4S/c22-18-8-10-19(11-9-18)28-15-12-23-21(25)17-6-5-7-20(16-17)29(26,27)24-13-3-1-2-4-14-24/h5-11,16H,1-4,12-15H2,(H,23,25). The van der Waals surface area contributed by atoms with Crippen LogP contribution in [0.5, 0.6) is 5.75 Å². The molecule has 1 aliphatic heterocycles. The number of benzene rings is 2. The molecule has 2 aromatic rings. The second-order valence-corrected chi connectivity index (χ2v) is 8.84. The highest BCUT2D eigenvalue weighted by Gasteiger charge is 2.25. The molecule has 1 fully saturated rings. The fourth-order valence-electron chi connectivity index (χ4n) is 3.20. The van der Waals surface area contributed by atoms with Crippen molar-refractivity contribution in [3.8, 4) is 5.75 Å². The Morgan fingerprint density at radius 2 is 1.72 bits per heavy atom. The number of halogens is 1. The number of amides is 1. The van der Waals surface area contributed by atoms with Gasteiger partial charge in [0.05, 0.1) is 11.4 Å². The fraction of sp³-hybridized carbons (Fsp3) is 0.381. The van der Waals surface area contributed by atoms with Crippen LogP contribution in [0, 0.1) is 5.82 Å². The van der Waals surface area contributed by atoms with Gasteiger partial charge in [-0.05, 0) is 55.3 Å². The van der Waals surface area contributed by atoms with Crippen LogP contribution in [-0.2, 0) is 10.0 Å². The maximum atomic E-state index is 12.9. The summed E-state index contributed by atoms with van der Waals surface area (Å²) in [5, 5.41) is 2.70. The maximum Gasteiger partial charge on any atom is 0.251 e. The Kier molecular flexibility index (Phi) is 7.22. The van der Waals surface area contributed by atoms with Gasteiger partial charge in [-0.1, -0.05) is 18.9 Å². The smallest absolute Gasteiger partial charge is 0.251 e. The van der Waals surface area contributed by atoms with Gasteiger partial charge in [-0.15, -0.1) is 0 Å². The summed E-state index contributed by atoms with van der Waals surface area (Å²) in [6.07, 6.45) is 3.78. The summed E-state index contributed by atoms with van der Waals surface area (Å²) in [6, 6.07) is 11.7. The van der Waals surface area contributed by atoms with Crippen molar-refractivity contribution in [2.75, 3.05) is 26.2 Å². The Morgan fingerprint density at radius 3 is 2.41 bits per heavy atom. The van der Waals surface area contributed by atoms with Crippen LogP contribution < -0.4 is 10.1 Å². The van der Waals surface area contributed by atoms with Gasteiger partial charge in [0.1, 0.15) is 18.2 Å². The molecule has 1 heterocycles. The van der Waals surface area contributed by atoms with Gasteiger partial charge in [0.15, 0.2) is 0 Å². The van der Waals surface area contributed by atoms with E-state index >= 15 is 0 Å². The zero-order valence-corrected chi connectivity index (χ0v) is 17.0. The molecule has 1 N–H and O–H groups in total. The average molecular weight is 421 g/mol. The number of carbonyl (C=O) groups excluding carboxylic acids is 1. The third-order valence-corrected chi connectivity index (χ3v) is 6.66. The molecule has 0 atom stereocenters. The van der Waals surface area contributed by atoms with Crippen LogP contribution in [0.15, 0.2) is 53.4 Å². The molecule has 0 bridgehead atoms. The van der Waals surface area contributed by atoms with E-state index in [0.29, 0.717) is 18.8 Å². The fourth-order valence-corrected chi connectivity index (χ4v) is 4.76. The van der Waals surface area contributed by atoms with Crippen LogP contribution in [0.4, 0.5) is 4.39 Å². The lowest BCUT2D eigenvalue weighted by Crippen LogP contribution is -2.32. The molecule has 156 valence electrons. The van der Waals surface area contributed by atoms with E-state index in [-0.39, 0.29) is 35.3 Å². The van der Waals surface area contributed by atoms with Gasteiger partial charge in [-0.25, -0.2) is 12.8 Å². The van der Waals surface area contributed by atoms with Crippen molar-refractivity contribution in [3.05, 3.63) is 59.9 Å². The molecule has 0 unspecified atom stereocenters. The van der Waals surface area contributed by atoms with Gasteiger partial charge in [-0.2, -0.15) is 4.31 Å². The number of hydrogen-bond acceptors (Lipinski definition) is 4. The maximum absolute atomic E-state index is 12.9. The highest BCUT2D eigenvalue weighted by atomic mass is 32.2. The second kappa shape index (κ2) is 9.84. The molecule has 2 aromatic carbocycles. The SMILES string of the molecule is O=C(NCCOc1ccc(F)cc1)c1cccc(S(=O)(=O)N2CCCCCC2)c1. The predicted octanol–water partition coefficient (Wildman–Crippen LogP) is 3.20. The lowest BCUT2D eigenvalue weighted by molar-refractivity contribution is 0.0947. The topological polar surface area (TPSA) is 75.7 Å². The molecule has 3 rings (SSSR count). The number of nitrogens with one attached hydrogen (secondary N) is 1. The Balaban J connectivity index is 1.57. The number of carbonyl (C=O) groups is 1. The van der Waals surface area contributed by atoms with Gasteiger partial charge in [-0.3, -0.25) is 4.79 Å². The van der Waals surface area contributed by atoms with E-state index in [0.717, 1.165) is 25.7 Å². The van der Waals surface area contributed by atoms with Crippen LogP contribution in [0.25, 0.3) is 0 Å². The van der Waals surface area contributed by atoms with E-state index in [9.17, 15) is 17.6 Å². The quantitative estimate of drug-likeness (QED) is 0.698. The summed E-state index contributed by atoms with van der Waals surface area (Å²) >= 11 is 0. The van der Waals surface area contributed by atoms with Gasteiger partial charge in [0.25, 0.3) is 5.91 Å². The zero-order chi connectivity index (χ0) is 20.7. The molecule has 6 nitrogen and oxygen atoms in total. The summed E-state index contributed by atoms with van der Waals surface area (Å²) < 4.78 is 45.6. The normalized spacial score (nSPS) is 15.5. The van der Waals surface area contributed by atoms with E-state index in [4.69, 9.17) is 4.74 Å². The van der Waals surface area contributed by atoms with Crippen molar-refractivity contribution >= 4 is 15.9 Å². The van der Waals surface area contributed by atoms with Crippen LogP contribution >= 0.6 is 0 Å². The number of nitrogens with zero attached hydrogens (tertiary/aromatic N) is 1. The van der Waals surface area contributed by atoms with Crippen molar-refractivity contribution in [2.45, 2.75) is 30.6 Å². The van der Waals surface area contributed by atoms with Crippen LogP contribution in [0.2, 0.25) is 0 Å². The minimum Gasteiger partial charge on any atom is -0.492 e. The van der Waals surface area contributed by atoms with Crippen molar-refractivity contribution in [2.24, 2.45) is 0 Å². The zero-order valence-electron chi connectivity index (χ0n) is 16.1. The number of ether oxygens (including phenoxy) is 1. The third kappa shape index (κ3) is 5.77. The van der Waals surface area contributed by atoms with Crippen molar-refractivity contribution < 1.29 is 22.3 Å². The Hall–Kier alpha value is -2.45. The Bertz CT molecular complexity index is 924. The molecule has 1 amide bonds. The van der Waals surface area contributed by atoms with E-state index in [1.165, 1.54) is 40.7 Å². The monoisotopic (exact) mass is 420 g/mol. The largest absolute Gasteiger partial charge is 0.492 e. The highest BCUT2D eigenvalue weighted by Crippen LogP contribution is 2.21. The van der Waals surface area contributed by atoms with Crippen molar-refractivity contribution in [1.82, 2.24) is 9.62 Å². The van der Waals surface area contributed by atoms with E-state index in [1.54, 1.807) is 12.1 Å². The Morgan fingerprint density at radius 1 is 1.03 bits per heavy atom. The van der Waals surface area contributed by atoms with Crippen LogP contribution in [-0.4, -0.2) is 44.9 Å². The number of hydrogen-bond donors (Lipinski definition) is 1. The molecule has 1 aliphatic rings. The van der Waals surface area contributed by atoms with E-state index in [2.05, 4.69) is 5.32 Å². The summed E-state index contributed by atoms with van der Waals surface area (Å²) in [5.41, 5.74) is 0.280. The van der Waals surface area contributed by atoms with Gasteiger partial charge < -0.3 is 10.1 Å².